The maximum atomic E-state index is 10.1. The molecule has 0 bridgehead atoms. The third-order valence-electron chi connectivity index (χ3n) is 1.10. The predicted octanol–water partition coefficient (Wildman–Crippen LogP) is 2.33. The van der Waals surface area contributed by atoms with Crippen molar-refractivity contribution in [3.63, 3.8) is 0 Å². The molecular weight excluding hydrogens is 292 g/mol. The second-order valence-electron chi connectivity index (χ2n) is 1.85. The SMILES string of the molecule is Br.Br.Nc1ccc([N+](=O)[O-])cc1. The number of anilines is 1. The van der Waals surface area contributed by atoms with E-state index in [0.29, 0.717) is 5.69 Å². The molecule has 0 spiro atoms. The summed E-state index contributed by atoms with van der Waals surface area (Å²) < 4.78 is 0. The Morgan fingerprint density at radius 1 is 1.17 bits per heavy atom. The van der Waals surface area contributed by atoms with Crippen LogP contribution in [0.1, 0.15) is 0 Å². The van der Waals surface area contributed by atoms with Gasteiger partial charge in [0.05, 0.1) is 4.92 Å². The first-order valence-corrected chi connectivity index (χ1v) is 2.70. The summed E-state index contributed by atoms with van der Waals surface area (Å²) in [6, 6.07) is 5.74. The Bertz CT molecular complexity index is 250. The van der Waals surface area contributed by atoms with Crippen molar-refractivity contribution in [2.75, 3.05) is 5.73 Å². The Balaban J connectivity index is 0. The standard InChI is InChI=1S/C6H6N2O2.2BrH/c7-5-1-3-6(4-2-5)8(9)10;;/h1-4H,7H2;2*1H. The lowest BCUT2D eigenvalue weighted by molar-refractivity contribution is -0.384. The highest BCUT2D eigenvalue weighted by molar-refractivity contribution is 8.93. The van der Waals surface area contributed by atoms with Crippen LogP contribution in [0.5, 0.6) is 0 Å². The molecule has 0 aliphatic carbocycles. The number of benzene rings is 1. The van der Waals surface area contributed by atoms with Crippen LogP contribution in [0.15, 0.2) is 24.3 Å². The number of nitrogens with two attached hydrogens (primary N) is 1. The molecule has 0 unspecified atom stereocenters. The largest absolute Gasteiger partial charge is 0.399 e. The fraction of sp³-hybridized carbons (Fsp3) is 0. The highest BCUT2D eigenvalue weighted by Gasteiger charge is 2.00. The summed E-state index contributed by atoms with van der Waals surface area (Å²) in [7, 11) is 0. The lowest BCUT2D eigenvalue weighted by Gasteiger charge is -1.90. The van der Waals surface area contributed by atoms with Crippen molar-refractivity contribution in [3.05, 3.63) is 34.4 Å². The summed E-state index contributed by atoms with van der Waals surface area (Å²) in [4.78, 5) is 9.62. The topological polar surface area (TPSA) is 69.2 Å². The first kappa shape index (κ1) is 13.9. The number of nitrogen functional groups attached to an aromatic ring is 1. The highest BCUT2D eigenvalue weighted by atomic mass is 79.9. The van der Waals surface area contributed by atoms with E-state index in [1.54, 1.807) is 0 Å². The number of non-ortho nitro benzene ring substituents is 1. The van der Waals surface area contributed by atoms with Gasteiger partial charge in [-0.2, -0.15) is 0 Å². The van der Waals surface area contributed by atoms with Crippen LogP contribution < -0.4 is 5.73 Å². The Hall–Kier alpha value is -0.620. The van der Waals surface area contributed by atoms with Crippen LogP contribution in [-0.4, -0.2) is 4.92 Å². The summed E-state index contributed by atoms with van der Waals surface area (Å²) in [6.07, 6.45) is 0. The van der Waals surface area contributed by atoms with Gasteiger partial charge in [-0.05, 0) is 12.1 Å². The minimum absolute atomic E-state index is 0. The van der Waals surface area contributed by atoms with E-state index in [4.69, 9.17) is 5.73 Å². The zero-order valence-corrected chi connectivity index (χ0v) is 9.39. The van der Waals surface area contributed by atoms with Crippen LogP contribution in [0.25, 0.3) is 0 Å². The van der Waals surface area contributed by atoms with Crippen molar-refractivity contribution in [2.45, 2.75) is 0 Å². The molecule has 1 aromatic carbocycles. The van der Waals surface area contributed by atoms with E-state index < -0.39 is 4.92 Å². The fourth-order valence-corrected chi connectivity index (χ4v) is 0.596. The molecule has 0 aliphatic rings. The lowest BCUT2D eigenvalue weighted by Crippen LogP contribution is -1.88. The van der Waals surface area contributed by atoms with E-state index in [1.165, 1.54) is 24.3 Å². The molecular formula is C6H8Br2N2O2. The van der Waals surface area contributed by atoms with Crippen molar-refractivity contribution in [3.8, 4) is 0 Å². The third kappa shape index (κ3) is 3.68. The van der Waals surface area contributed by atoms with Gasteiger partial charge >= 0.3 is 0 Å². The van der Waals surface area contributed by atoms with Gasteiger partial charge in [-0.1, -0.05) is 0 Å². The van der Waals surface area contributed by atoms with Gasteiger partial charge in [0.1, 0.15) is 0 Å². The average molecular weight is 300 g/mol. The van der Waals surface area contributed by atoms with Gasteiger partial charge in [-0.3, -0.25) is 10.1 Å². The van der Waals surface area contributed by atoms with Crippen molar-refractivity contribution in [2.24, 2.45) is 0 Å². The Morgan fingerprint density at radius 3 is 1.92 bits per heavy atom. The molecule has 0 saturated heterocycles. The molecule has 12 heavy (non-hydrogen) atoms. The molecule has 0 amide bonds. The van der Waals surface area contributed by atoms with Gasteiger partial charge in [-0.15, -0.1) is 34.0 Å². The molecule has 2 N–H and O–H groups in total. The molecule has 0 saturated carbocycles. The quantitative estimate of drug-likeness (QED) is 0.491. The number of rotatable bonds is 1. The van der Waals surface area contributed by atoms with Crippen LogP contribution in [0.4, 0.5) is 11.4 Å². The highest BCUT2D eigenvalue weighted by Crippen LogP contribution is 2.11. The molecule has 68 valence electrons. The van der Waals surface area contributed by atoms with Crippen LogP contribution in [0.2, 0.25) is 0 Å². The summed E-state index contributed by atoms with van der Waals surface area (Å²) in [5, 5.41) is 10.1. The van der Waals surface area contributed by atoms with E-state index in [9.17, 15) is 10.1 Å². The van der Waals surface area contributed by atoms with Gasteiger partial charge in [0, 0.05) is 17.8 Å². The van der Waals surface area contributed by atoms with E-state index in [1.807, 2.05) is 0 Å². The normalized spacial score (nSPS) is 7.67. The number of nitrogens with zero attached hydrogens (tertiary/aromatic N) is 1. The van der Waals surface area contributed by atoms with Gasteiger partial charge in [0.25, 0.3) is 5.69 Å². The van der Waals surface area contributed by atoms with Crippen molar-refractivity contribution < 1.29 is 4.92 Å². The van der Waals surface area contributed by atoms with E-state index in [-0.39, 0.29) is 39.7 Å². The van der Waals surface area contributed by atoms with Crippen LogP contribution >= 0.6 is 34.0 Å². The molecule has 4 nitrogen and oxygen atoms in total. The zero-order valence-electron chi connectivity index (χ0n) is 5.97. The maximum Gasteiger partial charge on any atom is 0.269 e. The minimum atomic E-state index is -0.459. The zero-order chi connectivity index (χ0) is 7.56. The molecule has 0 aromatic heterocycles. The maximum absolute atomic E-state index is 10.1. The smallest absolute Gasteiger partial charge is 0.269 e. The van der Waals surface area contributed by atoms with Gasteiger partial charge in [0.2, 0.25) is 0 Å². The molecule has 0 atom stereocenters. The molecule has 0 aliphatic heterocycles. The number of hydrogen-bond acceptors (Lipinski definition) is 3. The minimum Gasteiger partial charge on any atom is -0.399 e. The van der Waals surface area contributed by atoms with E-state index >= 15 is 0 Å². The monoisotopic (exact) mass is 298 g/mol. The first-order valence-electron chi connectivity index (χ1n) is 2.70. The van der Waals surface area contributed by atoms with Crippen molar-refractivity contribution in [1.82, 2.24) is 0 Å². The summed E-state index contributed by atoms with van der Waals surface area (Å²) >= 11 is 0. The Kier molecular flexibility index (Phi) is 6.92. The van der Waals surface area contributed by atoms with E-state index in [2.05, 4.69) is 0 Å². The number of hydrogen-bond donors (Lipinski definition) is 1. The predicted molar refractivity (Wildman–Crippen MR) is 58.2 cm³/mol. The summed E-state index contributed by atoms with van der Waals surface area (Å²) in [5.74, 6) is 0. The van der Waals surface area contributed by atoms with Gasteiger partial charge in [0.15, 0.2) is 0 Å². The second-order valence-corrected chi connectivity index (χ2v) is 1.85. The molecule has 1 rings (SSSR count). The number of halogens is 2. The van der Waals surface area contributed by atoms with Gasteiger partial charge < -0.3 is 5.73 Å². The number of nitro groups is 1. The molecule has 0 radical (unpaired) electrons. The molecule has 0 heterocycles. The summed E-state index contributed by atoms with van der Waals surface area (Å²) in [6.45, 7) is 0. The fourth-order valence-electron chi connectivity index (χ4n) is 0.596. The van der Waals surface area contributed by atoms with Crippen LogP contribution in [0, 0.1) is 10.1 Å². The molecule has 0 fully saturated rings. The summed E-state index contributed by atoms with van der Waals surface area (Å²) in [5.41, 5.74) is 5.90. The first-order chi connectivity index (χ1) is 4.70. The van der Waals surface area contributed by atoms with Gasteiger partial charge in [-0.25, -0.2) is 0 Å². The average Bonchev–Trinajstić information content (AvgIpc) is 1.88. The van der Waals surface area contributed by atoms with Crippen LogP contribution in [0.3, 0.4) is 0 Å². The van der Waals surface area contributed by atoms with Crippen LogP contribution in [-0.2, 0) is 0 Å². The lowest BCUT2D eigenvalue weighted by atomic mass is 10.3. The van der Waals surface area contributed by atoms with Crippen molar-refractivity contribution >= 4 is 45.3 Å². The molecule has 1 aromatic rings. The van der Waals surface area contributed by atoms with E-state index in [0.717, 1.165) is 0 Å². The molecule has 6 heteroatoms. The second kappa shape index (κ2) is 5.96. The third-order valence-corrected chi connectivity index (χ3v) is 1.10. The Morgan fingerprint density at radius 2 is 1.58 bits per heavy atom. The van der Waals surface area contributed by atoms with Crippen molar-refractivity contribution in [1.29, 1.82) is 0 Å². The number of nitro benzene ring substituents is 1. The Labute approximate surface area is 90.4 Å².